The van der Waals surface area contributed by atoms with Gasteiger partial charge in [0.05, 0.1) is 12.1 Å². The molecule has 0 amide bonds. The highest BCUT2D eigenvalue weighted by atomic mass is 32.2. The van der Waals surface area contributed by atoms with Crippen molar-refractivity contribution >= 4 is 11.8 Å². The monoisotopic (exact) mass is 296 g/mol. The van der Waals surface area contributed by atoms with Crippen LogP contribution in [0.25, 0.3) is 5.82 Å². The highest BCUT2D eigenvalue weighted by molar-refractivity contribution is 7.99. The SMILES string of the molecule is COc1ccc(Sc2ccc(C)n2-c2ccccn2)cc1. The Kier molecular flexibility index (Phi) is 3.97. The molecule has 106 valence electrons. The van der Waals surface area contributed by atoms with Crippen LogP contribution < -0.4 is 4.74 Å². The van der Waals surface area contributed by atoms with E-state index in [0.717, 1.165) is 16.6 Å². The van der Waals surface area contributed by atoms with Crippen molar-refractivity contribution in [2.45, 2.75) is 16.8 Å². The molecule has 1 aromatic carbocycles. The summed E-state index contributed by atoms with van der Waals surface area (Å²) in [7, 11) is 1.68. The molecule has 0 unspecified atom stereocenters. The minimum absolute atomic E-state index is 0.871. The zero-order valence-electron chi connectivity index (χ0n) is 12.0. The molecule has 0 aliphatic carbocycles. The number of hydrogen-bond acceptors (Lipinski definition) is 3. The number of aromatic nitrogens is 2. The van der Waals surface area contributed by atoms with Gasteiger partial charge >= 0.3 is 0 Å². The van der Waals surface area contributed by atoms with Crippen molar-refractivity contribution in [3.8, 4) is 11.6 Å². The second-order valence-electron chi connectivity index (χ2n) is 4.61. The molecule has 4 heteroatoms. The van der Waals surface area contributed by atoms with E-state index in [1.54, 1.807) is 18.9 Å². The molecular formula is C17H16N2OS. The van der Waals surface area contributed by atoms with Gasteiger partial charge in [-0.1, -0.05) is 17.8 Å². The number of rotatable bonds is 4. The van der Waals surface area contributed by atoms with Crippen molar-refractivity contribution in [3.05, 3.63) is 66.5 Å². The summed E-state index contributed by atoms with van der Waals surface area (Å²) in [6.45, 7) is 2.09. The number of nitrogens with zero attached hydrogens (tertiary/aromatic N) is 2. The molecular weight excluding hydrogens is 280 g/mol. The van der Waals surface area contributed by atoms with E-state index >= 15 is 0 Å². The fourth-order valence-corrected chi connectivity index (χ4v) is 3.12. The van der Waals surface area contributed by atoms with Crippen LogP contribution in [0.15, 0.2) is 70.7 Å². The first kappa shape index (κ1) is 13.8. The van der Waals surface area contributed by atoms with Crippen LogP contribution in [-0.2, 0) is 0 Å². The van der Waals surface area contributed by atoms with Crippen LogP contribution in [0, 0.1) is 6.92 Å². The maximum Gasteiger partial charge on any atom is 0.137 e. The van der Waals surface area contributed by atoms with Crippen molar-refractivity contribution in [2.24, 2.45) is 0 Å². The van der Waals surface area contributed by atoms with Crippen LogP contribution in [0.4, 0.5) is 0 Å². The molecule has 0 saturated heterocycles. The minimum atomic E-state index is 0.871. The first-order valence-electron chi connectivity index (χ1n) is 6.69. The number of ether oxygens (including phenoxy) is 1. The van der Waals surface area contributed by atoms with Crippen LogP contribution in [0.3, 0.4) is 0 Å². The van der Waals surface area contributed by atoms with Crippen LogP contribution in [-0.4, -0.2) is 16.7 Å². The van der Waals surface area contributed by atoms with Crippen LogP contribution in [0.1, 0.15) is 5.69 Å². The maximum atomic E-state index is 5.19. The molecule has 2 heterocycles. The van der Waals surface area contributed by atoms with Gasteiger partial charge in [0, 0.05) is 16.8 Å². The van der Waals surface area contributed by atoms with Crippen molar-refractivity contribution < 1.29 is 4.74 Å². The van der Waals surface area contributed by atoms with E-state index in [4.69, 9.17) is 4.74 Å². The molecule has 3 aromatic rings. The summed E-state index contributed by atoms with van der Waals surface area (Å²) < 4.78 is 7.35. The van der Waals surface area contributed by atoms with Crippen molar-refractivity contribution in [3.63, 3.8) is 0 Å². The highest BCUT2D eigenvalue weighted by Gasteiger charge is 2.09. The average molecular weight is 296 g/mol. The first-order chi connectivity index (χ1) is 10.3. The van der Waals surface area contributed by atoms with E-state index in [2.05, 4.69) is 40.7 Å². The Morgan fingerprint density at radius 2 is 1.81 bits per heavy atom. The van der Waals surface area contributed by atoms with Crippen LogP contribution in [0.2, 0.25) is 0 Å². The van der Waals surface area contributed by atoms with Gasteiger partial charge in [-0.2, -0.15) is 0 Å². The summed E-state index contributed by atoms with van der Waals surface area (Å²) in [6.07, 6.45) is 1.82. The lowest BCUT2D eigenvalue weighted by molar-refractivity contribution is 0.414. The molecule has 0 saturated carbocycles. The average Bonchev–Trinajstić information content (AvgIpc) is 2.89. The molecule has 3 rings (SSSR count). The van der Waals surface area contributed by atoms with Crippen molar-refractivity contribution in [1.82, 2.24) is 9.55 Å². The van der Waals surface area contributed by atoms with Crippen LogP contribution >= 0.6 is 11.8 Å². The lowest BCUT2D eigenvalue weighted by Crippen LogP contribution is -2.00. The third-order valence-electron chi connectivity index (χ3n) is 3.20. The fraction of sp³-hybridized carbons (Fsp3) is 0.118. The quantitative estimate of drug-likeness (QED) is 0.716. The summed E-state index contributed by atoms with van der Waals surface area (Å²) in [5.41, 5.74) is 1.17. The van der Waals surface area contributed by atoms with Gasteiger partial charge in [-0.25, -0.2) is 4.98 Å². The number of pyridine rings is 1. The molecule has 0 aliphatic rings. The Morgan fingerprint density at radius 3 is 2.48 bits per heavy atom. The zero-order valence-corrected chi connectivity index (χ0v) is 12.8. The second-order valence-corrected chi connectivity index (χ2v) is 5.71. The predicted molar refractivity (Wildman–Crippen MR) is 85.4 cm³/mol. The number of methoxy groups -OCH3 is 1. The lowest BCUT2D eigenvalue weighted by Gasteiger charge is -2.10. The lowest BCUT2D eigenvalue weighted by atomic mass is 10.3. The number of aryl methyl sites for hydroxylation is 1. The molecule has 0 aliphatic heterocycles. The van der Waals surface area contributed by atoms with E-state index in [-0.39, 0.29) is 0 Å². The summed E-state index contributed by atoms with van der Waals surface area (Å²) >= 11 is 1.72. The van der Waals surface area contributed by atoms with Gasteiger partial charge in [-0.3, -0.25) is 4.57 Å². The Balaban J connectivity index is 1.92. The minimum Gasteiger partial charge on any atom is -0.497 e. The molecule has 21 heavy (non-hydrogen) atoms. The molecule has 0 N–H and O–H groups in total. The summed E-state index contributed by atoms with van der Waals surface area (Å²) in [4.78, 5) is 5.61. The Morgan fingerprint density at radius 1 is 1.00 bits per heavy atom. The second kappa shape index (κ2) is 6.06. The molecule has 2 aromatic heterocycles. The standard InChI is InChI=1S/C17H16N2OS/c1-13-6-11-17(19(13)16-5-3-4-12-18-16)21-15-9-7-14(20-2)8-10-15/h3-12H,1-2H3. The molecule has 0 bridgehead atoms. The van der Waals surface area contributed by atoms with Gasteiger partial charge in [-0.15, -0.1) is 0 Å². The molecule has 0 radical (unpaired) electrons. The van der Waals surface area contributed by atoms with Gasteiger partial charge in [0.25, 0.3) is 0 Å². The largest absolute Gasteiger partial charge is 0.497 e. The number of benzene rings is 1. The smallest absolute Gasteiger partial charge is 0.137 e. The molecule has 3 nitrogen and oxygen atoms in total. The van der Waals surface area contributed by atoms with E-state index in [1.165, 1.54) is 10.6 Å². The van der Waals surface area contributed by atoms with Gasteiger partial charge < -0.3 is 4.74 Å². The predicted octanol–water partition coefficient (Wildman–Crippen LogP) is 4.34. The van der Waals surface area contributed by atoms with E-state index in [9.17, 15) is 0 Å². The van der Waals surface area contributed by atoms with Crippen molar-refractivity contribution in [1.29, 1.82) is 0 Å². The molecule has 0 atom stereocenters. The van der Waals surface area contributed by atoms with Crippen molar-refractivity contribution in [2.75, 3.05) is 7.11 Å². The molecule has 0 spiro atoms. The van der Waals surface area contributed by atoms with E-state index < -0.39 is 0 Å². The topological polar surface area (TPSA) is 27.1 Å². The highest BCUT2D eigenvalue weighted by Crippen LogP contribution is 2.32. The molecule has 0 fully saturated rings. The van der Waals surface area contributed by atoms with Gasteiger partial charge in [0.2, 0.25) is 0 Å². The normalized spacial score (nSPS) is 10.6. The maximum absolute atomic E-state index is 5.19. The summed E-state index contributed by atoms with van der Waals surface area (Å²) in [6, 6.07) is 18.3. The Bertz CT molecular complexity index is 720. The first-order valence-corrected chi connectivity index (χ1v) is 7.51. The van der Waals surface area contributed by atoms with Gasteiger partial charge in [-0.05, 0) is 55.5 Å². The van der Waals surface area contributed by atoms with Crippen LogP contribution in [0.5, 0.6) is 5.75 Å². The van der Waals surface area contributed by atoms with E-state index in [0.29, 0.717) is 0 Å². The Labute approximate surface area is 128 Å². The fourth-order valence-electron chi connectivity index (χ4n) is 2.14. The van der Waals surface area contributed by atoms with Gasteiger partial charge in [0.15, 0.2) is 0 Å². The number of hydrogen-bond donors (Lipinski definition) is 0. The summed E-state index contributed by atoms with van der Waals surface area (Å²) in [5.74, 6) is 1.81. The zero-order chi connectivity index (χ0) is 14.7. The summed E-state index contributed by atoms with van der Waals surface area (Å²) in [5, 5.41) is 1.15. The van der Waals surface area contributed by atoms with Gasteiger partial charge in [0.1, 0.15) is 11.6 Å². The third-order valence-corrected chi connectivity index (χ3v) is 4.24. The third kappa shape index (κ3) is 2.95. The Hall–Kier alpha value is -2.20. The van der Waals surface area contributed by atoms with E-state index in [1.807, 2.05) is 36.5 Å².